The van der Waals surface area contributed by atoms with Gasteiger partial charge >= 0.3 is 0 Å². The minimum atomic E-state index is -2.44. The summed E-state index contributed by atoms with van der Waals surface area (Å²) in [5, 5.41) is 0. The smallest absolute Gasteiger partial charge is 0.0186 e. The van der Waals surface area contributed by atoms with Crippen molar-refractivity contribution in [2.75, 3.05) is 6.26 Å². The van der Waals surface area contributed by atoms with E-state index in [4.69, 9.17) is 0 Å². The molecule has 0 aliphatic heterocycles. The molecule has 2 rings (SSSR count). The summed E-state index contributed by atoms with van der Waals surface area (Å²) in [7, 11) is -2.44. The molecule has 0 aliphatic carbocycles. The Balaban J connectivity index is 2.45. The molecule has 0 saturated heterocycles. The first-order valence-corrected chi connectivity index (χ1v) is 7.87. The Hall–Kier alpha value is -1.41. The Morgan fingerprint density at radius 1 is 0.706 bits per heavy atom. The van der Waals surface area contributed by atoms with Crippen LogP contribution >= 0.6 is 0 Å². The zero-order valence-electron chi connectivity index (χ0n) is 10.5. The summed E-state index contributed by atoms with van der Waals surface area (Å²) >= 11 is 0. The maximum atomic E-state index is 12.8. The molecule has 0 heterocycles. The average molecular weight is 246 g/mol. The van der Waals surface area contributed by atoms with Gasteiger partial charge in [-0.1, -0.05) is 45.3 Å². The van der Waals surface area contributed by atoms with Crippen LogP contribution in [-0.4, -0.2) is 10.5 Å². The van der Waals surface area contributed by atoms with E-state index in [1.807, 2.05) is 68.6 Å². The van der Waals surface area contributed by atoms with Gasteiger partial charge in [0.1, 0.15) is 0 Å². The molecular formula is C15H18OS. The van der Waals surface area contributed by atoms with Gasteiger partial charge in [-0.15, -0.1) is 0 Å². The molecule has 0 unspecified atom stereocenters. The number of hydrogen-bond donors (Lipinski definition) is 1. The maximum Gasteiger partial charge on any atom is 0.0186 e. The minimum absolute atomic E-state index is 0.923. The largest absolute Gasteiger partial charge is 0.276 e. The highest BCUT2D eigenvalue weighted by atomic mass is 32.2. The van der Waals surface area contributed by atoms with Crippen molar-refractivity contribution in [3.8, 4) is 0 Å². The van der Waals surface area contributed by atoms with Gasteiger partial charge in [0.05, 0.1) is 0 Å². The highest BCUT2D eigenvalue weighted by Gasteiger charge is 2.14. The van der Waals surface area contributed by atoms with Gasteiger partial charge in [-0.2, -0.15) is 0 Å². The zero-order valence-corrected chi connectivity index (χ0v) is 11.4. The molecule has 0 atom stereocenters. The molecule has 0 saturated carbocycles. The van der Waals surface area contributed by atoms with E-state index in [-0.39, 0.29) is 0 Å². The van der Waals surface area contributed by atoms with Crippen LogP contribution in [0.1, 0.15) is 11.1 Å². The van der Waals surface area contributed by atoms with Crippen LogP contribution in [0.5, 0.6) is 0 Å². The van der Waals surface area contributed by atoms with E-state index in [9.17, 15) is 4.21 Å². The first-order chi connectivity index (χ1) is 8.00. The minimum Gasteiger partial charge on any atom is -0.276 e. The van der Waals surface area contributed by atoms with E-state index in [2.05, 4.69) is 0 Å². The predicted octanol–water partition coefficient (Wildman–Crippen LogP) is 3.37. The predicted molar refractivity (Wildman–Crippen MR) is 74.4 cm³/mol. The third-order valence-electron chi connectivity index (χ3n) is 3.05. The summed E-state index contributed by atoms with van der Waals surface area (Å²) in [6.45, 7) is 4.08. The molecule has 1 nitrogen and oxygen atoms in total. The third kappa shape index (κ3) is 2.47. The van der Waals surface area contributed by atoms with Crippen LogP contribution in [0.3, 0.4) is 0 Å². The quantitative estimate of drug-likeness (QED) is 0.804. The molecule has 0 amide bonds. The summed E-state index contributed by atoms with van der Waals surface area (Å²) < 4.78 is 12.8. The Bertz CT molecular complexity index is 503. The van der Waals surface area contributed by atoms with Crippen LogP contribution in [0.25, 0.3) is 0 Å². The maximum absolute atomic E-state index is 12.8. The van der Waals surface area contributed by atoms with Gasteiger partial charge in [0.2, 0.25) is 0 Å². The van der Waals surface area contributed by atoms with Gasteiger partial charge in [-0.25, -0.2) is 0 Å². The molecule has 0 bridgehead atoms. The van der Waals surface area contributed by atoms with E-state index in [1.165, 1.54) is 11.1 Å². The van der Waals surface area contributed by atoms with Crippen LogP contribution < -0.4 is 0 Å². The fourth-order valence-electron chi connectivity index (χ4n) is 1.81. The second-order valence-electron chi connectivity index (χ2n) is 4.60. The van der Waals surface area contributed by atoms with Crippen molar-refractivity contribution in [2.45, 2.75) is 23.6 Å². The van der Waals surface area contributed by atoms with Crippen LogP contribution in [0, 0.1) is 13.8 Å². The molecule has 17 heavy (non-hydrogen) atoms. The number of aryl methyl sites for hydroxylation is 2. The van der Waals surface area contributed by atoms with E-state index >= 15 is 0 Å². The van der Waals surface area contributed by atoms with Crippen molar-refractivity contribution in [2.24, 2.45) is 0 Å². The number of rotatable bonds is 2. The lowest BCUT2D eigenvalue weighted by molar-refractivity contribution is 0.674. The first-order valence-electron chi connectivity index (χ1n) is 5.72. The Morgan fingerprint density at radius 2 is 1.00 bits per heavy atom. The molecule has 0 fully saturated rings. The fraction of sp³-hybridized carbons (Fsp3) is 0.200. The van der Waals surface area contributed by atoms with E-state index in [0.29, 0.717) is 0 Å². The molecule has 0 spiro atoms. The Labute approximate surface area is 104 Å². The SMILES string of the molecule is Cc1ccc([SH](C)(=O)c2ccc(C)cc2)cc1. The highest BCUT2D eigenvalue weighted by Crippen LogP contribution is 2.26. The van der Waals surface area contributed by atoms with Crippen LogP contribution in [-0.2, 0) is 9.93 Å². The van der Waals surface area contributed by atoms with Gasteiger partial charge in [-0.05, 0) is 44.4 Å². The van der Waals surface area contributed by atoms with Gasteiger partial charge in [0.25, 0.3) is 0 Å². The van der Waals surface area contributed by atoms with Gasteiger partial charge in [0.15, 0.2) is 0 Å². The second-order valence-corrected chi connectivity index (χ2v) is 7.48. The van der Waals surface area contributed by atoms with Crippen molar-refractivity contribution in [3.05, 3.63) is 59.7 Å². The zero-order chi connectivity index (χ0) is 12.5. The van der Waals surface area contributed by atoms with Crippen LogP contribution in [0.4, 0.5) is 0 Å². The Kier molecular flexibility index (Phi) is 3.16. The molecular weight excluding hydrogens is 228 g/mol. The lowest BCUT2D eigenvalue weighted by Crippen LogP contribution is -2.10. The number of hydrogen-bond acceptors (Lipinski definition) is 1. The van der Waals surface area contributed by atoms with E-state index in [0.717, 1.165) is 9.79 Å². The molecule has 2 aromatic carbocycles. The highest BCUT2D eigenvalue weighted by molar-refractivity contribution is 8.02. The normalized spacial score (nSPS) is 12.4. The van der Waals surface area contributed by atoms with Crippen LogP contribution in [0.15, 0.2) is 58.3 Å². The van der Waals surface area contributed by atoms with Crippen molar-refractivity contribution in [1.29, 1.82) is 0 Å². The summed E-state index contributed by atoms with van der Waals surface area (Å²) in [5.74, 6) is 0. The van der Waals surface area contributed by atoms with Crippen LogP contribution in [0.2, 0.25) is 0 Å². The second kappa shape index (κ2) is 4.46. The first kappa shape index (κ1) is 12.1. The van der Waals surface area contributed by atoms with Gasteiger partial charge in [0, 0.05) is 9.79 Å². The molecule has 2 heteroatoms. The third-order valence-corrected chi connectivity index (χ3v) is 5.62. The average Bonchev–Trinajstić information content (AvgIpc) is 2.30. The molecule has 0 aromatic heterocycles. The lowest BCUT2D eigenvalue weighted by Gasteiger charge is -2.19. The molecule has 0 radical (unpaired) electrons. The van der Waals surface area contributed by atoms with Crippen molar-refractivity contribution < 1.29 is 4.21 Å². The monoisotopic (exact) mass is 246 g/mol. The Morgan fingerprint density at radius 3 is 1.29 bits per heavy atom. The topological polar surface area (TPSA) is 17.1 Å². The molecule has 90 valence electrons. The van der Waals surface area contributed by atoms with Gasteiger partial charge < -0.3 is 0 Å². The van der Waals surface area contributed by atoms with Crippen molar-refractivity contribution in [1.82, 2.24) is 0 Å². The molecule has 0 aliphatic rings. The van der Waals surface area contributed by atoms with Crippen molar-refractivity contribution in [3.63, 3.8) is 0 Å². The lowest BCUT2D eigenvalue weighted by atomic mass is 10.2. The summed E-state index contributed by atoms with van der Waals surface area (Å²) in [4.78, 5) is 1.85. The molecule has 2 aromatic rings. The number of benzene rings is 2. The van der Waals surface area contributed by atoms with Gasteiger partial charge in [-0.3, -0.25) is 4.21 Å². The number of thiol groups is 1. The summed E-state index contributed by atoms with van der Waals surface area (Å²) in [5.41, 5.74) is 2.38. The van der Waals surface area contributed by atoms with E-state index in [1.54, 1.807) is 0 Å². The standard InChI is InChI=1S/C15H18OS/c1-12-4-8-14(9-5-12)17(3,16)15-10-6-13(2)7-11-15/h4-11,17H,1-3H3. The summed E-state index contributed by atoms with van der Waals surface area (Å²) in [6.07, 6.45) is 1.84. The fourth-order valence-corrected chi connectivity index (χ4v) is 3.54. The molecule has 0 N–H and O–H groups in total. The van der Waals surface area contributed by atoms with Crippen molar-refractivity contribution >= 4 is 9.93 Å². The van der Waals surface area contributed by atoms with E-state index < -0.39 is 9.93 Å². The summed E-state index contributed by atoms with van der Waals surface area (Å²) in [6, 6.07) is 15.9.